The number of rotatable bonds is 8. The molecule has 1 rings (SSSR count). The summed E-state index contributed by atoms with van der Waals surface area (Å²) in [5, 5.41) is 8.60. The van der Waals surface area contributed by atoms with Crippen molar-refractivity contribution in [3.8, 4) is 0 Å². The van der Waals surface area contributed by atoms with Crippen LogP contribution in [0.1, 0.15) is 18.9 Å². The van der Waals surface area contributed by atoms with Gasteiger partial charge in [-0.25, -0.2) is 4.79 Å². The molecule has 3 amide bonds. The lowest BCUT2D eigenvalue weighted by atomic mass is 10.2. The third kappa shape index (κ3) is 7.08. The van der Waals surface area contributed by atoms with Gasteiger partial charge in [0.25, 0.3) is 0 Å². The van der Waals surface area contributed by atoms with E-state index in [9.17, 15) is 9.59 Å². The zero-order valence-corrected chi connectivity index (χ0v) is 13.6. The Balaban J connectivity index is 2.21. The van der Waals surface area contributed by atoms with Gasteiger partial charge in [-0.2, -0.15) is 0 Å². The molecule has 22 heavy (non-hydrogen) atoms. The van der Waals surface area contributed by atoms with Gasteiger partial charge >= 0.3 is 6.03 Å². The van der Waals surface area contributed by atoms with Crippen LogP contribution in [0.4, 0.5) is 4.79 Å². The van der Waals surface area contributed by atoms with Crippen LogP contribution in [0, 0.1) is 0 Å². The van der Waals surface area contributed by atoms with Gasteiger partial charge in [0, 0.05) is 39.1 Å². The molecule has 0 saturated heterocycles. The van der Waals surface area contributed by atoms with E-state index in [-0.39, 0.29) is 24.4 Å². The second-order valence-electron chi connectivity index (χ2n) is 5.32. The van der Waals surface area contributed by atoms with Crippen molar-refractivity contribution < 1.29 is 9.59 Å². The van der Waals surface area contributed by atoms with E-state index >= 15 is 0 Å². The molecule has 0 aliphatic heterocycles. The van der Waals surface area contributed by atoms with E-state index < -0.39 is 0 Å². The highest BCUT2D eigenvalue weighted by Gasteiger charge is 2.09. The number of hydrogen-bond donors (Lipinski definition) is 3. The second kappa shape index (κ2) is 9.78. The van der Waals surface area contributed by atoms with E-state index in [1.165, 1.54) is 0 Å². The second-order valence-corrected chi connectivity index (χ2v) is 5.32. The zero-order chi connectivity index (χ0) is 16.4. The van der Waals surface area contributed by atoms with Crippen LogP contribution in [0.5, 0.6) is 0 Å². The van der Waals surface area contributed by atoms with Crippen LogP contribution in [0.3, 0.4) is 0 Å². The molecular weight excluding hydrogens is 280 g/mol. The molecule has 3 N–H and O–H groups in total. The lowest BCUT2D eigenvalue weighted by Crippen LogP contribution is -2.40. The molecule has 1 atom stereocenters. The maximum absolute atomic E-state index is 11.9. The Bertz CT molecular complexity index is 464. The molecule has 1 aromatic carbocycles. The Hall–Kier alpha value is -2.08. The van der Waals surface area contributed by atoms with E-state index in [1.54, 1.807) is 11.9 Å². The highest BCUT2D eigenvalue weighted by atomic mass is 16.2. The first-order valence-corrected chi connectivity index (χ1v) is 7.49. The van der Waals surface area contributed by atoms with Crippen molar-refractivity contribution in [1.29, 1.82) is 0 Å². The zero-order valence-electron chi connectivity index (χ0n) is 13.6. The first-order valence-electron chi connectivity index (χ1n) is 7.49. The molecule has 1 aromatic rings. The predicted molar refractivity (Wildman–Crippen MR) is 87.5 cm³/mol. The highest BCUT2D eigenvalue weighted by Crippen LogP contribution is 2.02. The fraction of sp³-hybridized carbons (Fsp3) is 0.500. The van der Waals surface area contributed by atoms with E-state index in [2.05, 4.69) is 16.0 Å². The van der Waals surface area contributed by atoms with Gasteiger partial charge in [0.15, 0.2) is 0 Å². The molecule has 1 unspecified atom stereocenters. The lowest BCUT2D eigenvalue weighted by Gasteiger charge is -2.18. The molecule has 0 bridgehead atoms. The van der Waals surface area contributed by atoms with Crippen molar-refractivity contribution in [2.45, 2.75) is 25.9 Å². The van der Waals surface area contributed by atoms with Crippen molar-refractivity contribution in [1.82, 2.24) is 20.9 Å². The van der Waals surface area contributed by atoms with Gasteiger partial charge in [-0.05, 0) is 19.5 Å². The van der Waals surface area contributed by atoms with E-state index in [4.69, 9.17) is 0 Å². The van der Waals surface area contributed by atoms with Crippen LogP contribution >= 0.6 is 0 Å². The van der Waals surface area contributed by atoms with Crippen molar-refractivity contribution in [2.75, 3.05) is 27.2 Å². The molecule has 6 nitrogen and oxygen atoms in total. The summed E-state index contributed by atoms with van der Waals surface area (Å²) in [5.41, 5.74) is 1.07. The average molecular weight is 306 g/mol. The topological polar surface area (TPSA) is 73.5 Å². The average Bonchev–Trinajstić information content (AvgIpc) is 2.53. The summed E-state index contributed by atoms with van der Waals surface area (Å²) in [6, 6.07) is 9.82. The molecule has 122 valence electrons. The molecule has 0 aliphatic carbocycles. The lowest BCUT2D eigenvalue weighted by molar-refractivity contribution is -0.121. The largest absolute Gasteiger partial charge is 0.354 e. The SMILES string of the molecule is CNC(C)CNC(=O)CCNC(=O)N(C)Cc1ccccc1. The molecule has 0 aliphatic rings. The Morgan fingerprint density at radius 1 is 1.18 bits per heavy atom. The third-order valence-electron chi connectivity index (χ3n) is 3.34. The fourth-order valence-corrected chi connectivity index (χ4v) is 1.80. The van der Waals surface area contributed by atoms with Crippen LogP contribution in [0.15, 0.2) is 30.3 Å². The molecule has 0 saturated carbocycles. The van der Waals surface area contributed by atoms with Gasteiger partial charge in [0.1, 0.15) is 0 Å². The molecule has 0 heterocycles. The van der Waals surface area contributed by atoms with Crippen molar-refractivity contribution in [3.63, 3.8) is 0 Å². The summed E-state index contributed by atoms with van der Waals surface area (Å²) in [4.78, 5) is 25.1. The predicted octanol–water partition coefficient (Wildman–Crippen LogP) is 0.942. The van der Waals surface area contributed by atoms with Crippen LogP contribution in [-0.4, -0.2) is 50.1 Å². The summed E-state index contributed by atoms with van der Waals surface area (Å²) in [6.07, 6.45) is 0.279. The van der Waals surface area contributed by atoms with Crippen molar-refractivity contribution >= 4 is 11.9 Å². The number of hydrogen-bond acceptors (Lipinski definition) is 3. The van der Waals surface area contributed by atoms with Crippen molar-refractivity contribution in [2.24, 2.45) is 0 Å². The van der Waals surface area contributed by atoms with Gasteiger partial charge in [-0.1, -0.05) is 30.3 Å². The molecule has 0 spiro atoms. The minimum Gasteiger partial charge on any atom is -0.354 e. The summed E-state index contributed by atoms with van der Waals surface area (Å²) in [5.74, 6) is -0.0619. The number of benzene rings is 1. The Kier molecular flexibility index (Phi) is 7.99. The van der Waals surface area contributed by atoms with E-state index in [1.807, 2.05) is 44.3 Å². The van der Waals surface area contributed by atoms with Crippen LogP contribution in [0.2, 0.25) is 0 Å². The highest BCUT2D eigenvalue weighted by molar-refractivity contribution is 5.78. The Morgan fingerprint density at radius 3 is 2.50 bits per heavy atom. The van der Waals surface area contributed by atoms with E-state index in [0.29, 0.717) is 19.6 Å². The molecule has 0 fully saturated rings. The fourth-order valence-electron chi connectivity index (χ4n) is 1.80. The van der Waals surface area contributed by atoms with Crippen molar-refractivity contribution in [3.05, 3.63) is 35.9 Å². The monoisotopic (exact) mass is 306 g/mol. The standard InChI is InChI=1S/C16H26N4O2/c1-13(17-2)11-19-15(21)9-10-18-16(22)20(3)12-14-7-5-4-6-8-14/h4-8,13,17H,9-12H2,1-3H3,(H,18,22)(H,19,21). The number of nitrogens with zero attached hydrogens (tertiary/aromatic N) is 1. The van der Waals surface area contributed by atoms with Crippen LogP contribution < -0.4 is 16.0 Å². The summed E-state index contributed by atoms with van der Waals surface area (Å²) in [7, 11) is 3.58. The van der Waals surface area contributed by atoms with Gasteiger partial charge in [-0.15, -0.1) is 0 Å². The molecule has 0 radical (unpaired) electrons. The molecule has 0 aromatic heterocycles. The first-order chi connectivity index (χ1) is 10.5. The number of nitrogens with one attached hydrogen (secondary N) is 3. The third-order valence-corrected chi connectivity index (χ3v) is 3.34. The summed E-state index contributed by atoms with van der Waals surface area (Å²) < 4.78 is 0. The van der Waals surface area contributed by atoms with Crippen LogP contribution in [-0.2, 0) is 11.3 Å². The minimum absolute atomic E-state index is 0.0619. The molecular formula is C16H26N4O2. The minimum atomic E-state index is -0.180. The summed E-state index contributed by atoms with van der Waals surface area (Å²) >= 11 is 0. The van der Waals surface area contributed by atoms with Crippen LogP contribution in [0.25, 0.3) is 0 Å². The Labute approximate surface area is 132 Å². The Morgan fingerprint density at radius 2 is 1.86 bits per heavy atom. The number of urea groups is 1. The number of carbonyl (C=O) groups excluding carboxylic acids is 2. The van der Waals surface area contributed by atoms with Gasteiger partial charge < -0.3 is 20.9 Å². The quantitative estimate of drug-likeness (QED) is 0.669. The normalized spacial score (nSPS) is 11.6. The number of likely N-dealkylation sites (N-methyl/N-ethyl adjacent to an activating group) is 1. The number of amides is 3. The van der Waals surface area contributed by atoms with Gasteiger partial charge in [0.05, 0.1) is 0 Å². The maximum Gasteiger partial charge on any atom is 0.317 e. The first kappa shape index (κ1) is 18.0. The maximum atomic E-state index is 11.9. The smallest absolute Gasteiger partial charge is 0.317 e. The van der Waals surface area contributed by atoms with Gasteiger partial charge in [0.2, 0.25) is 5.91 Å². The summed E-state index contributed by atoms with van der Waals surface area (Å²) in [6.45, 7) is 3.44. The molecule has 6 heteroatoms. The van der Waals surface area contributed by atoms with Gasteiger partial charge in [-0.3, -0.25) is 4.79 Å². The number of carbonyl (C=O) groups is 2. The van der Waals surface area contributed by atoms with E-state index in [0.717, 1.165) is 5.56 Å².